The molecule has 15 heavy (non-hydrogen) atoms. The predicted molar refractivity (Wildman–Crippen MR) is 65.1 cm³/mol. The zero-order valence-corrected chi connectivity index (χ0v) is 10.7. The smallest absolute Gasteiger partial charge is 0.0226 e. The number of rotatable bonds is 2. The number of hydrogen-bond acceptors (Lipinski definition) is 2. The highest BCUT2D eigenvalue weighted by atomic mass is 15.3. The first-order chi connectivity index (χ1) is 7.09. The second-order valence-corrected chi connectivity index (χ2v) is 5.82. The molecule has 0 aromatic heterocycles. The molecule has 0 spiro atoms. The van der Waals surface area contributed by atoms with E-state index in [-0.39, 0.29) is 0 Å². The van der Waals surface area contributed by atoms with E-state index >= 15 is 0 Å². The van der Waals surface area contributed by atoms with Crippen LogP contribution in [0.5, 0.6) is 0 Å². The zero-order chi connectivity index (χ0) is 11.0. The van der Waals surface area contributed by atoms with Gasteiger partial charge in [-0.05, 0) is 40.5 Å². The summed E-state index contributed by atoms with van der Waals surface area (Å²) >= 11 is 0. The molecule has 3 heterocycles. The largest absolute Gasteiger partial charge is 0.295 e. The van der Waals surface area contributed by atoms with Crippen LogP contribution in [0.4, 0.5) is 0 Å². The van der Waals surface area contributed by atoms with E-state index in [2.05, 4.69) is 37.5 Å². The van der Waals surface area contributed by atoms with Crippen LogP contribution in [-0.2, 0) is 0 Å². The van der Waals surface area contributed by atoms with Crippen LogP contribution in [0.25, 0.3) is 0 Å². The molecule has 0 radical (unpaired) electrons. The summed E-state index contributed by atoms with van der Waals surface area (Å²) in [5.41, 5.74) is 0. The Morgan fingerprint density at radius 3 is 1.53 bits per heavy atom. The fourth-order valence-corrected chi connectivity index (χ4v) is 3.36. The Hall–Kier alpha value is -0.0800. The van der Waals surface area contributed by atoms with Crippen LogP contribution in [0.1, 0.15) is 47.0 Å². The van der Waals surface area contributed by atoms with Crippen molar-refractivity contribution in [3.63, 3.8) is 0 Å². The van der Waals surface area contributed by atoms with Gasteiger partial charge in [0.25, 0.3) is 0 Å². The van der Waals surface area contributed by atoms with Crippen LogP contribution < -0.4 is 0 Å². The molecule has 0 aliphatic carbocycles. The average Bonchev–Trinajstić information content (AvgIpc) is 2.48. The lowest BCUT2D eigenvalue weighted by Crippen LogP contribution is -2.59. The molecule has 3 aliphatic rings. The average molecular weight is 210 g/mol. The second kappa shape index (κ2) is 4.42. The van der Waals surface area contributed by atoms with Gasteiger partial charge in [0.05, 0.1) is 0 Å². The van der Waals surface area contributed by atoms with Gasteiger partial charge in [0.15, 0.2) is 0 Å². The standard InChI is InChI=1S/C13H26N2/c1-10(2)14-8-13-7-5-6-12(14)9-15(13)11(3)4/h10-13H,5-9H2,1-4H3/t12-,13?/m1/s1. The highest BCUT2D eigenvalue weighted by Crippen LogP contribution is 2.29. The van der Waals surface area contributed by atoms with Crippen molar-refractivity contribution >= 4 is 0 Å². The molecule has 0 aromatic rings. The van der Waals surface area contributed by atoms with Crippen molar-refractivity contribution in [1.29, 1.82) is 0 Å². The summed E-state index contributed by atoms with van der Waals surface area (Å²) in [5, 5.41) is 0. The SMILES string of the molecule is CC(C)N1C[C@H]2CCCC1CN2C(C)C. The van der Waals surface area contributed by atoms with Crippen LogP contribution in [0.2, 0.25) is 0 Å². The summed E-state index contributed by atoms with van der Waals surface area (Å²) in [6.45, 7) is 12.0. The maximum absolute atomic E-state index is 2.73. The molecule has 3 rings (SSSR count). The Balaban J connectivity index is 2.11. The van der Waals surface area contributed by atoms with Crippen LogP contribution in [0, 0.1) is 0 Å². The van der Waals surface area contributed by atoms with Crippen LogP contribution in [0.3, 0.4) is 0 Å². The van der Waals surface area contributed by atoms with Gasteiger partial charge in [-0.25, -0.2) is 0 Å². The Morgan fingerprint density at radius 2 is 1.20 bits per heavy atom. The van der Waals surface area contributed by atoms with E-state index in [1.165, 1.54) is 32.4 Å². The minimum Gasteiger partial charge on any atom is -0.295 e. The minimum atomic E-state index is 0.727. The Bertz CT molecular complexity index is 191. The first-order valence-corrected chi connectivity index (χ1v) is 6.61. The number of nitrogens with zero attached hydrogens (tertiary/aromatic N) is 2. The van der Waals surface area contributed by atoms with Crippen molar-refractivity contribution in [1.82, 2.24) is 9.80 Å². The van der Waals surface area contributed by atoms with Crippen LogP contribution in [0.15, 0.2) is 0 Å². The summed E-state index contributed by atoms with van der Waals surface area (Å²) in [6.07, 6.45) is 4.26. The van der Waals surface area contributed by atoms with E-state index in [1.54, 1.807) is 0 Å². The van der Waals surface area contributed by atoms with Crippen molar-refractivity contribution < 1.29 is 0 Å². The van der Waals surface area contributed by atoms with Gasteiger partial charge in [0.2, 0.25) is 0 Å². The number of fused-ring (bicyclic) bond motifs is 4. The highest BCUT2D eigenvalue weighted by molar-refractivity contribution is 4.94. The fourth-order valence-electron chi connectivity index (χ4n) is 3.36. The van der Waals surface area contributed by atoms with Gasteiger partial charge in [-0.1, -0.05) is 6.42 Å². The van der Waals surface area contributed by atoms with Crippen molar-refractivity contribution in [3.8, 4) is 0 Å². The van der Waals surface area contributed by atoms with Gasteiger partial charge < -0.3 is 0 Å². The molecule has 3 saturated heterocycles. The first-order valence-electron chi connectivity index (χ1n) is 6.61. The summed E-state index contributed by atoms with van der Waals surface area (Å²) in [6, 6.07) is 3.10. The van der Waals surface area contributed by atoms with E-state index in [0.29, 0.717) is 0 Å². The van der Waals surface area contributed by atoms with Gasteiger partial charge in [-0.2, -0.15) is 0 Å². The molecule has 2 nitrogen and oxygen atoms in total. The molecule has 88 valence electrons. The topological polar surface area (TPSA) is 6.48 Å². The van der Waals surface area contributed by atoms with E-state index in [9.17, 15) is 0 Å². The van der Waals surface area contributed by atoms with Crippen molar-refractivity contribution in [2.45, 2.75) is 71.1 Å². The van der Waals surface area contributed by atoms with Crippen LogP contribution in [-0.4, -0.2) is 47.1 Å². The molecule has 2 heteroatoms. The van der Waals surface area contributed by atoms with Gasteiger partial charge in [-0.3, -0.25) is 9.80 Å². The Labute approximate surface area is 94.6 Å². The molecular weight excluding hydrogens is 184 g/mol. The number of hydrogen-bond donors (Lipinski definition) is 0. The third-order valence-electron chi connectivity index (χ3n) is 4.18. The molecular formula is C13H26N2. The van der Waals surface area contributed by atoms with Crippen LogP contribution >= 0.6 is 0 Å². The molecule has 0 saturated carbocycles. The van der Waals surface area contributed by atoms with E-state index in [1.807, 2.05) is 0 Å². The van der Waals surface area contributed by atoms with Gasteiger partial charge in [0.1, 0.15) is 0 Å². The van der Waals surface area contributed by atoms with Gasteiger partial charge in [0, 0.05) is 37.3 Å². The Morgan fingerprint density at radius 1 is 0.800 bits per heavy atom. The normalized spacial score (nSPS) is 34.0. The molecule has 3 aliphatic heterocycles. The Kier molecular flexibility index (Phi) is 3.36. The van der Waals surface area contributed by atoms with E-state index in [0.717, 1.165) is 24.2 Å². The highest BCUT2D eigenvalue weighted by Gasteiger charge is 2.38. The minimum absolute atomic E-state index is 0.727. The molecule has 0 amide bonds. The summed E-state index contributed by atoms with van der Waals surface area (Å²) < 4.78 is 0. The maximum atomic E-state index is 2.73. The van der Waals surface area contributed by atoms with Gasteiger partial charge in [-0.15, -0.1) is 0 Å². The predicted octanol–water partition coefficient (Wildman–Crippen LogP) is 2.34. The van der Waals surface area contributed by atoms with Crippen molar-refractivity contribution in [3.05, 3.63) is 0 Å². The quantitative estimate of drug-likeness (QED) is 0.690. The molecule has 0 aromatic carbocycles. The summed E-state index contributed by atoms with van der Waals surface area (Å²) in [5.74, 6) is 0. The van der Waals surface area contributed by atoms with Gasteiger partial charge >= 0.3 is 0 Å². The van der Waals surface area contributed by atoms with E-state index < -0.39 is 0 Å². The molecule has 3 fully saturated rings. The molecule has 2 bridgehead atoms. The van der Waals surface area contributed by atoms with E-state index in [4.69, 9.17) is 0 Å². The van der Waals surface area contributed by atoms with Crippen molar-refractivity contribution in [2.24, 2.45) is 0 Å². The third kappa shape index (κ3) is 2.21. The maximum Gasteiger partial charge on any atom is 0.0226 e. The summed E-state index contributed by atoms with van der Waals surface area (Å²) in [4.78, 5) is 5.47. The lowest BCUT2D eigenvalue weighted by Gasteiger charge is -2.47. The molecule has 1 unspecified atom stereocenters. The lowest BCUT2D eigenvalue weighted by molar-refractivity contribution is 0.00740. The number of piperazine rings is 1. The molecule has 2 atom stereocenters. The van der Waals surface area contributed by atoms with Crippen molar-refractivity contribution in [2.75, 3.05) is 13.1 Å². The first kappa shape index (κ1) is 11.4. The third-order valence-corrected chi connectivity index (χ3v) is 4.18. The lowest BCUT2D eigenvalue weighted by atomic mass is 10.0. The summed E-state index contributed by atoms with van der Waals surface area (Å²) in [7, 11) is 0. The molecule has 0 N–H and O–H groups in total. The second-order valence-electron chi connectivity index (χ2n) is 5.82. The zero-order valence-electron chi connectivity index (χ0n) is 10.7. The fraction of sp³-hybridized carbons (Fsp3) is 1.00. The monoisotopic (exact) mass is 210 g/mol.